The number of amides is 2. The van der Waals surface area contributed by atoms with Crippen molar-refractivity contribution >= 4 is 28.8 Å². The van der Waals surface area contributed by atoms with Gasteiger partial charge in [0, 0.05) is 62.1 Å². The van der Waals surface area contributed by atoms with Crippen LogP contribution in [0.4, 0.5) is 5.69 Å². The number of hydrogen-bond donors (Lipinski definition) is 0. The summed E-state index contributed by atoms with van der Waals surface area (Å²) >= 11 is 1.62. The van der Waals surface area contributed by atoms with Gasteiger partial charge in [0.15, 0.2) is 0 Å². The number of piperazine rings is 1. The van der Waals surface area contributed by atoms with Gasteiger partial charge >= 0.3 is 0 Å². The Hall–Kier alpha value is -3.03. The highest BCUT2D eigenvalue weighted by Gasteiger charge is 2.43. The molecule has 6 nitrogen and oxygen atoms in total. The number of piperidine rings is 1. The van der Waals surface area contributed by atoms with Crippen LogP contribution in [0.25, 0.3) is 0 Å². The quantitative estimate of drug-likeness (QED) is 0.554. The third-order valence-electron chi connectivity index (χ3n) is 6.87. The van der Waals surface area contributed by atoms with Crippen molar-refractivity contribution in [3.63, 3.8) is 0 Å². The third kappa shape index (κ3) is 4.76. The van der Waals surface area contributed by atoms with Gasteiger partial charge in [-0.1, -0.05) is 29.8 Å². The minimum atomic E-state index is -0.259. The minimum Gasteiger partial charge on any atom is -0.340 e. The fourth-order valence-electron chi connectivity index (χ4n) is 5.06. The lowest BCUT2D eigenvalue weighted by atomic mass is 9.85. The van der Waals surface area contributed by atoms with Crippen LogP contribution in [0.2, 0.25) is 0 Å². The van der Waals surface area contributed by atoms with Crippen LogP contribution in [-0.2, 0) is 16.1 Å². The molecule has 2 aliphatic heterocycles. The lowest BCUT2D eigenvalue weighted by molar-refractivity contribution is -0.140. The number of aromatic nitrogens is 1. The van der Waals surface area contributed by atoms with Gasteiger partial charge in [0.05, 0.1) is 12.0 Å². The van der Waals surface area contributed by atoms with Crippen LogP contribution in [0.15, 0.2) is 66.3 Å². The summed E-state index contributed by atoms with van der Waals surface area (Å²) in [4.78, 5) is 38.5. The molecule has 3 aromatic rings. The number of thiophene rings is 1. The van der Waals surface area contributed by atoms with Gasteiger partial charge in [0.2, 0.25) is 11.8 Å². The van der Waals surface area contributed by atoms with E-state index in [4.69, 9.17) is 0 Å². The van der Waals surface area contributed by atoms with Crippen molar-refractivity contribution in [2.24, 2.45) is 5.92 Å². The molecule has 1 aromatic carbocycles. The maximum Gasteiger partial charge on any atom is 0.228 e. The largest absolute Gasteiger partial charge is 0.340 e. The number of benzene rings is 1. The zero-order valence-electron chi connectivity index (χ0n) is 19.5. The SMILES string of the molecule is Cc1ccc(N2C(=O)CCC(C(=O)N3CCN(Cc4cccnc4)CC3)C2c2cccs2)cc1. The summed E-state index contributed by atoms with van der Waals surface area (Å²) in [5.41, 5.74) is 3.21. The summed E-state index contributed by atoms with van der Waals surface area (Å²) in [6.07, 6.45) is 4.69. The summed E-state index contributed by atoms with van der Waals surface area (Å²) in [6.45, 7) is 6.01. The average molecular weight is 475 g/mol. The molecule has 176 valence electrons. The van der Waals surface area contributed by atoms with Crippen LogP contribution in [0.3, 0.4) is 0 Å². The topological polar surface area (TPSA) is 56.8 Å². The van der Waals surface area contributed by atoms with E-state index >= 15 is 0 Å². The van der Waals surface area contributed by atoms with E-state index in [0.29, 0.717) is 25.9 Å². The molecule has 2 unspecified atom stereocenters. The number of rotatable bonds is 5. The molecule has 0 radical (unpaired) electrons. The van der Waals surface area contributed by atoms with Crippen molar-refractivity contribution in [2.75, 3.05) is 31.1 Å². The Morgan fingerprint density at radius 3 is 2.53 bits per heavy atom. The average Bonchev–Trinajstić information content (AvgIpc) is 3.40. The van der Waals surface area contributed by atoms with Crippen LogP contribution in [-0.4, -0.2) is 52.8 Å². The van der Waals surface area contributed by atoms with Crippen LogP contribution in [0.5, 0.6) is 0 Å². The van der Waals surface area contributed by atoms with Gasteiger partial charge in [0.25, 0.3) is 0 Å². The smallest absolute Gasteiger partial charge is 0.228 e. The number of hydrogen-bond acceptors (Lipinski definition) is 5. The summed E-state index contributed by atoms with van der Waals surface area (Å²) < 4.78 is 0. The Kier molecular flexibility index (Phi) is 6.74. The number of pyridine rings is 1. The molecule has 2 fully saturated rings. The normalized spacial score (nSPS) is 21.6. The molecule has 2 saturated heterocycles. The summed E-state index contributed by atoms with van der Waals surface area (Å²) in [7, 11) is 0. The van der Waals surface area contributed by atoms with Crippen molar-refractivity contribution < 1.29 is 9.59 Å². The predicted molar refractivity (Wildman–Crippen MR) is 135 cm³/mol. The van der Waals surface area contributed by atoms with E-state index in [-0.39, 0.29) is 23.8 Å². The maximum absolute atomic E-state index is 13.8. The van der Waals surface area contributed by atoms with Gasteiger partial charge in [0.1, 0.15) is 0 Å². The Morgan fingerprint density at radius 2 is 1.85 bits per heavy atom. The molecule has 2 atom stereocenters. The standard InChI is InChI=1S/C27H30N4O2S/c1-20-6-8-22(9-7-20)31-25(32)11-10-23(26(31)24-5-3-17-34-24)27(33)30-15-13-29(14-16-30)19-21-4-2-12-28-18-21/h2-9,12,17-18,23,26H,10-11,13-16,19H2,1H3. The molecular formula is C27H30N4O2S. The van der Waals surface area contributed by atoms with Crippen LogP contribution < -0.4 is 4.90 Å². The summed E-state index contributed by atoms with van der Waals surface area (Å²) in [5.74, 6) is 0.0270. The zero-order chi connectivity index (χ0) is 23.5. The van der Waals surface area contributed by atoms with Gasteiger partial charge in [-0.25, -0.2) is 0 Å². The molecule has 7 heteroatoms. The van der Waals surface area contributed by atoms with Crippen molar-refractivity contribution in [1.29, 1.82) is 0 Å². The molecule has 2 aliphatic rings. The molecule has 2 amide bonds. The van der Waals surface area contributed by atoms with Crippen molar-refractivity contribution in [3.05, 3.63) is 82.3 Å². The van der Waals surface area contributed by atoms with E-state index in [0.717, 1.165) is 35.8 Å². The van der Waals surface area contributed by atoms with Crippen molar-refractivity contribution in [1.82, 2.24) is 14.8 Å². The molecule has 0 aliphatic carbocycles. The molecule has 34 heavy (non-hydrogen) atoms. The lowest BCUT2D eigenvalue weighted by Gasteiger charge is -2.43. The monoisotopic (exact) mass is 474 g/mol. The van der Waals surface area contributed by atoms with Gasteiger partial charge in [-0.3, -0.25) is 19.5 Å². The molecule has 2 aromatic heterocycles. The van der Waals surface area contributed by atoms with Crippen LogP contribution in [0.1, 0.15) is 34.9 Å². The first-order valence-corrected chi connectivity index (χ1v) is 12.8. The Labute approximate surface area is 204 Å². The highest BCUT2D eigenvalue weighted by Crippen LogP contribution is 2.42. The third-order valence-corrected chi connectivity index (χ3v) is 7.82. The van der Waals surface area contributed by atoms with E-state index in [2.05, 4.69) is 22.0 Å². The highest BCUT2D eigenvalue weighted by molar-refractivity contribution is 7.10. The zero-order valence-corrected chi connectivity index (χ0v) is 20.3. The predicted octanol–water partition coefficient (Wildman–Crippen LogP) is 4.28. The molecule has 0 saturated carbocycles. The van der Waals surface area contributed by atoms with E-state index in [1.54, 1.807) is 17.5 Å². The summed E-state index contributed by atoms with van der Waals surface area (Å²) in [5, 5.41) is 2.03. The van der Waals surface area contributed by atoms with Gasteiger partial charge in [-0.15, -0.1) is 11.3 Å². The second kappa shape index (κ2) is 10.1. The van der Waals surface area contributed by atoms with Gasteiger partial charge < -0.3 is 9.80 Å². The first-order valence-electron chi connectivity index (χ1n) is 11.9. The Balaban J connectivity index is 1.34. The highest BCUT2D eigenvalue weighted by atomic mass is 32.1. The molecule has 5 rings (SSSR count). The van der Waals surface area contributed by atoms with Gasteiger partial charge in [-0.2, -0.15) is 0 Å². The number of nitrogens with zero attached hydrogens (tertiary/aromatic N) is 4. The second-order valence-electron chi connectivity index (χ2n) is 9.17. The fraction of sp³-hybridized carbons (Fsp3) is 0.370. The maximum atomic E-state index is 13.8. The number of carbonyl (C=O) groups excluding carboxylic acids is 2. The minimum absolute atomic E-state index is 0.0904. The van der Waals surface area contributed by atoms with Gasteiger partial charge in [-0.05, 0) is 48.6 Å². The van der Waals surface area contributed by atoms with E-state index in [1.165, 1.54) is 5.56 Å². The summed E-state index contributed by atoms with van der Waals surface area (Å²) in [6, 6.07) is 15.9. The van der Waals surface area contributed by atoms with Crippen molar-refractivity contribution in [3.8, 4) is 0 Å². The lowest BCUT2D eigenvalue weighted by Crippen LogP contribution is -2.53. The first-order chi connectivity index (χ1) is 16.6. The molecular weight excluding hydrogens is 444 g/mol. The molecule has 4 heterocycles. The molecule has 0 spiro atoms. The van der Waals surface area contributed by atoms with E-state index in [1.807, 2.05) is 64.7 Å². The number of anilines is 1. The molecule has 0 bridgehead atoms. The number of carbonyl (C=O) groups is 2. The second-order valence-corrected chi connectivity index (χ2v) is 10.1. The van der Waals surface area contributed by atoms with E-state index in [9.17, 15) is 9.59 Å². The van der Waals surface area contributed by atoms with Crippen LogP contribution in [0, 0.1) is 12.8 Å². The number of aryl methyl sites for hydroxylation is 1. The van der Waals surface area contributed by atoms with Crippen molar-refractivity contribution in [2.45, 2.75) is 32.4 Å². The fourth-order valence-corrected chi connectivity index (χ4v) is 5.94. The first kappa shape index (κ1) is 22.7. The van der Waals surface area contributed by atoms with Crippen LogP contribution >= 0.6 is 11.3 Å². The molecule has 0 N–H and O–H groups in total. The Morgan fingerprint density at radius 1 is 1.06 bits per heavy atom. The van der Waals surface area contributed by atoms with E-state index < -0.39 is 0 Å². The Bertz CT molecular complexity index is 1110.